The molecule has 32 heavy (non-hydrogen) atoms. The molecule has 0 saturated heterocycles. The van der Waals surface area contributed by atoms with Gasteiger partial charge in [0.05, 0.1) is 11.3 Å². The standard InChI is InChI=1S/C27H30N2O3/c1-18(2)22-15-14-19(3)16-25(22)32-20(4)26(30)29-24-13-9-8-12-23(24)27(31)28-17-21-10-6-5-7-11-21/h5-16,18,20H,17H2,1-4H3,(H,28,31)(H,29,30)/t20-/m0/s1. The van der Waals surface area contributed by atoms with Crippen molar-refractivity contribution in [2.24, 2.45) is 0 Å². The number of hydrogen-bond donors (Lipinski definition) is 2. The summed E-state index contributed by atoms with van der Waals surface area (Å²) in [5, 5.41) is 5.75. The Labute approximate surface area is 189 Å². The van der Waals surface area contributed by atoms with Crippen LogP contribution in [-0.4, -0.2) is 17.9 Å². The second-order valence-electron chi connectivity index (χ2n) is 8.16. The van der Waals surface area contributed by atoms with Crippen molar-refractivity contribution < 1.29 is 14.3 Å². The van der Waals surface area contributed by atoms with Gasteiger partial charge in [-0.25, -0.2) is 0 Å². The lowest BCUT2D eigenvalue weighted by atomic mass is 10.0. The van der Waals surface area contributed by atoms with E-state index in [2.05, 4.69) is 24.5 Å². The SMILES string of the molecule is Cc1ccc(C(C)C)c(O[C@@H](C)C(=O)Nc2ccccc2C(=O)NCc2ccccc2)c1. The van der Waals surface area contributed by atoms with Gasteiger partial charge in [0.25, 0.3) is 11.8 Å². The van der Waals surface area contributed by atoms with Gasteiger partial charge in [-0.2, -0.15) is 0 Å². The third-order valence-corrected chi connectivity index (χ3v) is 5.19. The van der Waals surface area contributed by atoms with Gasteiger partial charge in [0.15, 0.2) is 6.10 Å². The Hall–Kier alpha value is -3.60. The summed E-state index contributed by atoms with van der Waals surface area (Å²) in [5.74, 6) is 0.412. The lowest BCUT2D eigenvalue weighted by Crippen LogP contribution is -2.32. The Morgan fingerprint density at radius 3 is 2.31 bits per heavy atom. The zero-order valence-electron chi connectivity index (χ0n) is 19.0. The molecule has 3 aromatic rings. The molecule has 2 N–H and O–H groups in total. The predicted octanol–water partition coefficient (Wildman–Crippen LogP) is 5.45. The molecule has 0 fully saturated rings. The van der Waals surface area contributed by atoms with E-state index < -0.39 is 6.10 Å². The smallest absolute Gasteiger partial charge is 0.265 e. The Morgan fingerprint density at radius 1 is 0.906 bits per heavy atom. The zero-order valence-corrected chi connectivity index (χ0v) is 19.0. The van der Waals surface area contributed by atoms with E-state index in [1.54, 1.807) is 31.2 Å². The molecule has 0 saturated carbocycles. The minimum absolute atomic E-state index is 0.251. The normalized spacial score (nSPS) is 11.7. The fourth-order valence-corrected chi connectivity index (χ4v) is 3.36. The van der Waals surface area contributed by atoms with Gasteiger partial charge in [-0.3, -0.25) is 9.59 Å². The number of carbonyl (C=O) groups excluding carboxylic acids is 2. The maximum absolute atomic E-state index is 12.9. The summed E-state index contributed by atoms with van der Waals surface area (Å²) in [6, 6.07) is 22.7. The molecule has 0 aliphatic rings. The summed E-state index contributed by atoms with van der Waals surface area (Å²) in [4.78, 5) is 25.6. The third kappa shape index (κ3) is 5.97. The number of carbonyl (C=O) groups is 2. The maximum atomic E-state index is 12.9. The highest BCUT2D eigenvalue weighted by Gasteiger charge is 2.20. The molecule has 5 nitrogen and oxygen atoms in total. The number of rotatable bonds is 8. The van der Waals surface area contributed by atoms with E-state index in [4.69, 9.17) is 4.74 Å². The molecule has 2 amide bonds. The van der Waals surface area contributed by atoms with Crippen molar-refractivity contribution >= 4 is 17.5 Å². The lowest BCUT2D eigenvalue weighted by Gasteiger charge is -2.20. The molecule has 3 aromatic carbocycles. The Morgan fingerprint density at radius 2 is 1.59 bits per heavy atom. The van der Waals surface area contributed by atoms with Gasteiger partial charge in [-0.15, -0.1) is 0 Å². The Balaban J connectivity index is 1.69. The minimum Gasteiger partial charge on any atom is -0.481 e. The molecule has 166 valence electrons. The van der Waals surface area contributed by atoms with Gasteiger partial charge in [0, 0.05) is 6.54 Å². The predicted molar refractivity (Wildman–Crippen MR) is 128 cm³/mol. The summed E-state index contributed by atoms with van der Waals surface area (Å²) in [5.41, 5.74) is 3.98. The number of anilines is 1. The maximum Gasteiger partial charge on any atom is 0.265 e. The van der Waals surface area contributed by atoms with Crippen LogP contribution in [0.2, 0.25) is 0 Å². The fourth-order valence-electron chi connectivity index (χ4n) is 3.36. The summed E-state index contributed by atoms with van der Waals surface area (Å²) in [6.07, 6.45) is -0.727. The molecule has 0 aliphatic carbocycles. The molecule has 0 unspecified atom stereocenters. The van der Waals surface area contributed by atoms with Gasteiger partial charge in [-0.05, 0) is 54.7 Å². The number of ether oxygens (including phenoxy) is 1. The molecule has 0 radical (unpaired) electrons. The molecule has 1 atom stereocenters. The molecule has 0 aliphatic heterocycles. The van der Waals surface area contributed by atoms with Crippen LogP contribution in [0.15, 0.2) is 72.8 Å². The van der Waals surface area contributed by atoms with E-state index >= 15 is 0 Å². The molecular formula is C27H30N2O3. The molecular weight excluding hydrogens is 400 g/mol. The number of hydrogen-bond acceptors (Lipinski definition) is 3. The summed E-state index contributed by atoms with van der Waals surface area (Å²) in [6.45, 7) is 8.29. The molecule has 0 spiro atoms. The van der Waals surface area contributed by atoms with E-state index in [1.165, 1.54) is 0 Å². The van der Waals surface area contributed by atoms with Gasteiger partial charge < -0.3 is 15.4 Å². The fraction of sp³-hybridized carbons (Fsp3) is 0.259. The van der Waals surface area contributed by atoms with Crippen LogP contribution in [0.3, 0.4) is 0 Å². The number of nitrogens with one attached hydrogen (secondary N) is 2. The van der Waals surface area contributed by atoms with Crippen molar-refractivity contribution in [1.29, 1.82) is 0 Å². The van der Waals surface area contributed by atoms with Gasteiger partial charge >= 0.3 is 0 Å². The molecule has 3 rings (SSSR count). The summed E-state index contributed by atoms with van der Waals surface area (Å²) >= 11 is 0. The minimum atomic E-state index is -0.727. The molecule has 0 bridgehead atoms. The average molecular weight is 431 g/mol. The van der Waals surface area contributed by atoms with Crippen LogP contribution in [0, 0.1) is 6.92 Å². The van der Waals surface area contributed by atoms with Crippen LogP contribution >= 0.6 is 0 Å². The number of aryl methyl sites for hydroxylation is 1. The van der Waals surface area contributed by atoms with Crippen LogP contribution < -0.4 is 15.4 Å². The average Bonchev–Trinajstić information content (AvgIpc) is 2.78. The first-order chi connectivity index (χ1) is 15.3. The van der Waals surface area contributed by atoms with E-state index in [-0.39, 0.29) is 17.7 Å². The van der Waals surface area contributed by atoms with Gasteiger partial charge in [0.2, 0.25) is 0 Å². The Bertz CT molecular complexity index is 1080. The van der Waals surface area contributed by atoms with Crippen LogP contribution in [-0.2, 0) is 11.3 Å². The van der Waals surface area contributed by atoms with Crippen molar-refractivity contribution in [3.8, 4) is 5.75 Å². The van der Waals surface area contributed by atoms with Crippen molar-refractivity contribution in [3.63, 3.8) is 0 Å². The first-order valence-electron chi connectivity index (χ1n) is 10.8. The van der Waals surface area contributed by atoms with Crippen molar-refractivity contribution in [3.05, 3.63) is 95.1 Å². The molecule has 0 aromatic heterocycles. The van der Waals surface area contributed by atoms with Crippen LogP contribution in [0.25, 0.3) is 0 Å². The second kappa shape index (κ2) is 10.6. The van der Waals surface area contributed by atoms with Crippen molar-refractivity contribution in [1.82, 2.24) is 5.32 Å². The van der Waals surface area contributed by atoms with Gasteiger partial charge in [0.1, 0.15) is 5.75 Å². The molecule has 5 heteroatoms. The van der Waals surface area contributed by atoms with E-state index in [9.17, 15) is 9.59 Å². The van der Waals surface area contributed by atoms with Crippen LogP contribution in [0.4, 0.5) is 5.69 Å². The van der Waals surface area contributed by atoms with Crippen LogP contribution in [0.5, 0.6) is 5.75 Å². The highest BCUT2D eigenvalue weighted by Crippen LogP contribution is 2.28. The third-order valence-electron chi connectivity index (χ3n) is 5.19. The van der Waals surface area contributed by atoms with Crippen LogP contribution in [0.1, 0.15) is 53.7 Å². The highest BCUT2D eigenvalue weighted by molar-refractivity contribution is 6.04. The van der Waals surface area contributed by atoms with Crippen molar-refractivity contribution in [2.75, 3.05) is 5.32 Å². The summed E-state index contributed by atoms with van der Waals surface area (Å²) < 4.78 is 6.01. The quantitative estimate of drug-likeness (QED) is 0.499. The van der Waals surface area contributed by atoms with Gasteiger partial charge in [-0.1, -0.05) is 68.4 Å². The number of amides is 2. The van der Waals surface area contributed by atoms with E-state index in [0.717, 1.165) is 16.7 Å². The largest absolute Gasteiger partial charge is 0.481 e. The highest BCUT2D eigenvalue weighted by atomic mass is 16.5. The first kappa shape index (κ1) is 23.1. The zero-order chi connectivity index (χ0) is 23.1. The Kier molecular flexibility index (Phi) is 7.66. The lowest BCUT2D eigenvalue weighted by molar-refractivity contribution is -0.122. The number of para-hydroxylation sites is 1. The monoisotopic (exact) mass is 430 g/mol. The topological polar surface area (TPSA) is 67.4 Å². The molecule has 0 heterocycles. The van der Waals surface area contributed by atoms with E-state index in [0.29, 0.717) is 23.5 Å². The first-order valence-corrected chi connectivity index (χ1v) is 10.8. The van der Waals surface area contributed by atoms with E-state index in [1.807, 2.05) is 55.5 Å². The second-order valence-corrected chi connectivity index (χ2v) is 8.16. The van der Waals surface area contributed by atoms with Crippen molar-refractivity contribution in [2.45, 2.75) is 46.3 Å². The number of benzene rings is 3. The summed E-state index contributed by atoms with van der Waals surface area (Å²) in [7, 11) is 0.